The Kier molecular flexibility index (Phi) is 13.2. The predicted molar refractivity (Wildman–Crippen MR) is 241 cm³/mol. The standard InChI is InChI=1S/C46H61N9O6Si/c1-29(2)40(52-44(57)59-6)43(56)53-20-10-12-37(53)41-48-26-36(51-41)31-16-14-30(15-17-31)35-25-47-34-24-32(18-19-33(34)50-35)39-27-49-42(55(39)28-60-22-23-62(7,8)9)38-13-11-21-54(38)45(58)61-46(3,4)5/h14-19,24-27,29,37-38,40H,10-13,20-23,28H2,1-9H3,(H,48,51)(H,52,57). The molecule has 62 heavy (non-hydrogen) atoms. The number of methoxy groups -OCH3 is 1. The fourth-order valence-electron chi connectivity index (χ4n) is 8.11. The van der Waals surface area contributed by atoms with Crippen molar-refractivity contribution in [1.29, 1.82) is 0 Å². The van der Waals surface area contributed by atoms with E-state index in [2.05, 4.69) is 34.5 Å². The number of ether oxygens (including phenoxy) is 3. The first kappa shape index (κ1) is 44.4. The van der Waals surface area contributed by atoms with Gasteiger partial charge in [-0.25, -0.2) is 24.5 Å². The maximum Gasteiger partial charge on any atom is 0.410 e. The van der Waals surface area contributed by atoms with E-state index in [1.54, 1.807) is 17.3 Å². The van der Waals surface area contributed by atoms with Gasteiger partial charge >= 0.3 is 12.2 Å². The third kappa shape index (κ3) is 10.2. The summed E-state index contributed by atoms with van der Waals surface area (Å²) >= 11 is 0. The number of aromatic amines is 1. The molecule has 15 nitrogen and oxygen atoms in total. The van der Waals surface area contributed by atoms with E-state index in [0.29, 0.717) is 32.3 Å². The Hall–Kier alpha value is -5.61. The highest BCUT2D eigenvalue weighted by molar-refractivity contribution is 6.76. The van der Waals surface area contributed by atoms with Gasteiger partial charge in [-0.1, -0.05) is 63.8 Å². The highest BCUT2D eigenvalue weighted by Gasteiger charge is 2.38. The third-order valence-electron chi connectivity index (χ3n) is 11.5. The van der Waals surface area contributed by atoms with Crippen molar-refractivity contribution < 1.29 is 28.6 Å². The van der Waals surface area contributed by atoms with Crippen molar-refractivity contribution in [2.45, 2.75) is 116 Å². The van der Waals surface area contributed by atoms with Crippen LogP contribution in [0.15, 0.2) is 61.1 Å². The Balaban J connectivity index is 1.08. The van der Waals surface area contributed by atoms with Gasteiger partial charge in [-0.2, -0.15) is 0 Å². The number of nitrogens with one attached hydrogen (secondary N) is 2. The minimum absolute atomic E-state index is 0.111. The van der Waals surface area contributed by atoms with Crippen LogP contribution in [0.3, 0.4) is 0 Å². The lowest BCUT2D eigenvalue weighted by molar-refractivity contribution is -0.135. The number of imidazole rings is 2. The highest BCUT2D eigenvalue weighted by atomic mass is 28.3. The van der Waals surface area contributed by atoms with E-state index in [1.807, 2.05) is 88.2 Å². The van der Waals surface area contributed by atoms with E-state index in [4.69, 9.17) is 34.1 Å². The van der Waals surface area contributed by atoms with Crippen LogP contribution in [0.25, 0.3) is 44.8 Å². The van der Waals surface area contributed by atoms with Gasteiger partial charge < -0.3 is 34.0 Å². The molecule has 2 aromatic carbocycles. The second kappa shape index (κ2) is 18.4. The summed E-state index contributed by atoms with van der Waals surface area (Å²) < 4.78 is 19.0. The topological polar surface area (TPSA) is 170 Å². The van der Waals surface area contributed by atoms with Crippen LogP contribution in [-0.4, -0.2) is 104 Å². The number of amides is 3. The van der Waals surface area contributed by atoms with Crippen LogP contribution in [0.1, 0.15) is 84.0 Å². The van der Waals surface area contributed by atoms with E-state index in [0.717, 1.165) is 82.4 Å². The average Bonchev–Trinajstić information content (AvgIpc) is 4.06. The van der Waals surface area contributed by atoms with Gasteiger partial charge in [0.05, 0.1) is 65.9 Å². The Bertz CT molecular complexity index is 2380. The number of likely N-dealkylation sites (tertiary alicyclic amines) is 2. The van der Waals surface area contributed by atoms with Gasteiger partial charge in [0.25, 0.3) is 0 Å². The number of aromatic nitrogens is 6. The van der Waals surface area contributed by atoms with Crippen LogP contribution >= 0.6 is 0 Å². The quantitative estimate of drug-likeness (QED) is 0.0861. The minimum atomic E-state index is -1.30. The lowest BCUT2D eigenvalue weighted by atomic mass is 10.0. The highest BCUT2D eigenvalue weighted by Crippen LogP contribution is 2.37. The van der Waals surface area contributed by atoms with Crippen LogP contribution in [-0.2, 0) is 25.7 Å². The number of carbonyl (C=O) groups excluding carboxylic acids is 3. The normalized spacial score (nSPS) is 17.5. The minimum Gasteiger partial charge on any atom is -0.453 e. The van der Waals surface area contributed by atoms with Gasteiger partial charge in [0, 0.05) is 38.9 Å². The zero-order valence-electron chi connectivity index (χ0n) is 37.5. The summed E-state index contributed by atoms with van der Waals surface area (Å²) in [5, 5.41) is 2.70. The summed E-state index contributed by atoms with van der Waals surface area (Å²) in [6.45, 7) is 18.6. The molecule has 0 aliphatic carbocycles. The number of hydrogen-bond acceptors (Lipinski definition) is 10. The number of fused-ring (bicyclic) bond motifs is 1. The van der Waals surface area contributed by atoms with Crippen molar-refractivity contribution in [3.8, 4) is 33.8 Å². The second-order valence-corrected chi connectivity index (χ2v) is 24.5. The Labute approximate surface area is 365 Å². The molecule has 16 heteroatoms. The largest absolute Gasteiger partial charge is 0.453 e. The van der Waals surface area contributed by atoms with Gasteiger partial charge in [0.1, 0.15) is 30.0 Å². The fourth-order valence-corrected chi connectivity index (χ4v) is 8.86. The summed E-state index contributed by atoms with van der Waals surface area (Å²) in [6.07, 6.45) is 7.77. The molecule has 2 aliphatic heterocycles. The van der Waals surface area contributed by atoms with Crippen molar-refractivity contribution in [2.75, 3.05) is 26.8 Å². The molecule has 7 rings (SSSR count). The number of benzene rings is 2. The molecule has 0 saturated carbocycles. The van der Waals surface area contributed by atoms with E-state index < -0.39 is 25.8 Å². The third-order valence-corrected chi connectivity index (χ3v) is 13.2. The summed E-state index contributed by atoms with van der Waals surface area (Å²) in [5.41, 5.74) is 6.17. The molecule has 3 amide bonds. The zero-order chi connectivity index (χ0) is 44.3. The van der Waals surface area contributed by atoms with Crippen molar-refractivity contribution in [3.05, 3.63) is 72.7 Å². The lowest BCUT2D eigenvalue weighted by Gasteiger charge is -2.30. The first-order valence-electron chi connectivity index (χ1n) is 21.7. The molecule has 3 atom stereocenters. The molecule has 0 radical (unpaired) electrons. The molecule has 0 spiro atoms. The van der Waals surface area contributed by atoms with Crippen molar-refractivity contribution in [3.63, 3.8) is 0 Å². The number of rotatable bonds is 13. The lowest BCUT2D eigenvalue weighted by Crippen LogP contribution is -2.51. The van der Waals surface area contributed by atoms with Crippen LogP contribution in [0.5, 0.6) is 0 Å². The summed E-state index contributed by atoms with van der Waals surface area (Å²) in [5.74, 6) is 1.24. The van der Waals surface area contributed by atoms with Gasteiger partial charge in [-0.05, 0) is 76.1 Å². The molecule has 2 fully saturated rings. The number of H-pyrrole nitrogens is 1. The van der Waals surface area contributed by atoms with Gasteiger partial charge in [-0.3, -0.25) is 14.7 Å². The average molecular weight is 864 g/mol. The van der Waals surface area contributed by atoms with Crippen LogP contribution in [0.4, 0.5) is 9.59 Å². The molecule has 3 aromatic heterocycles. The molecule has 2 N–H and O–H groups in total. The Morgan fingerprint density at radius 3 is 2.26 bits per heavy atom. The number of alkyl carbamates (subject to hydrolysis) is 1. The van der Waals surface area contributed by atoms with Crippen LogP contribution in [0.2, 0.25) is 25.7 Å². The Morgan fingerprint density at radius 1 is 0.871 bits per heavy atom. The second-order valence-electron chi connectivity index (χ2n) is 18.9. The van der Waals surface area contributed by atoms with Crippen LogP contribution in [0, 0.1) is 5.92 Å². The molecular formula is C46H61N9O6Si. The monoisotopic (exact) mass is 863 g/mol. The molecule has 5 aromatic rings. The summed E-state index contributed by atoms with van der Waals surface area (Å²) in [6, 6.07) is 14.0. The van der Waals surface area contributed by atoms with E-state index in [9.17, 15) is 14.4 Å². The molecule has 3 unspecified atom stereocenters. The molecule has 0 bridgehead atoms. The molecule has 2 saturated heterocycles. The van der Waals surface area contributed by atoms with Crippen molar-refractivity contribution in [2.24, 2.45) is 5.92 Å². The first-order chi connectivity index (χ1) is 29.5. The number of carbonyl (C=O) groups is 3. The van der Waals surface area contributed by atoms with Crippen molar-refractivity contribution in [1.82, 2.24) is 44.6 Å². The van der Waals surface area contributed by atoms with Gasteiger partial charge in [0.2, 0.25) is 5.91 Å². The van der Waals surface area contributed by atoms with E-state index in [1.165, 1.54) is 7.11 Å². The van der Waals surface area contributed by atoms with Gasteiger partial charge in [-0.15, -0.1) is 0 Å². The molecule has 5 heterocycles. The molecule has 2 aliphatic rings. The van der Waals surface area contributed by atoms with E-state index in [-0.39, 0.29) is 30.0 Å². The molecular weight excluding hydrogens is 803 g/mol. The van der Waals surface area contributed by atoms with Crippen LogP contribution < -0.4 is 5.32 Å². The zero-order valence-corrected chi connectivity index (χ0v) is 38.5. The number of hydrogen-bond donors (Lipinski definition) is 2. The number of nitrogens with zero attached hydrogens (tertiary/aromatic N) is 7. The summed E-state index contributed by atoms with van der Waals surface area (Å²) in [4.78, 5) is 65.4. The molecule has 330 valence electrons. The van der Waals surface area contributed by atoms with Crippen molar-refractivity contribution >= 4 is 37.2 Å². The SMILES string of the molecule is COC(=O)NC(C(=O)N1CCCC1c1ncc(-c2ccc(-c3cnc4cc(-c5cnc(C6CCCN6C(=O)OC(C)(C)C)n5COCC[Si](C)(C)C)ccc4n3)cc2)[nH]1)C(C)C. The maximum absolute atomic E-state index is 13.6. The summed E-state index contributed by atoms with van der Waals surface area (Å²) in [7, 11) is -0.0122. The Morgan fingerprint density at radius 2 is 1.56 bits per heavy atom. The fraction of sp³-hybridized carbons (Fsp3) is 0.500. The van der Waals surface area contributed by atoms with E-state index >= 15 is 0 Å². The predicted octanol–water partition coefficient (Wildman–Crippen LogP) is 8.98. The van der Waals surface area contributed by atoms with Gasteiger partial charge in [0.15, 0.2) is 0 Å². The maximum atomic E-state index is 13.6. The first-order valence-corrected chi connectivity index (χ1v) is 25.4. The smallest absolute Gasteiger partial charge is 0.410 e.